The number of para-hydroxylation sites is 5. The van der Waals surface area contributed by atoms with Crippen molar-refractivity contribution >= 4 is 44.0 Å². The van der Waals surface area contributed by atoms with Gasteiger partial charge in [-0.15, -0.1) is 54.1 Å². The van der Waals surface area contributed by atoms with Crippen molar-refractivity contribution in [1.82, 2.24) is 19.1 Å². The summed E-state index contributed by atoms with van der Waals surface area (Å²) in [6.45, 7) is 27.4. The molecule has 0 aliphatic carbocycles. The van der Waals surface area contributed by atoms with Crippen LogP contribution in [0.2, 0.25) is 0 Å². The zero-order valence-electron chi connectivity index (χ0n) is 41.7. The molecule has 3 aromatic heterocycles. The van der Waals surface area contributed by atoms with Crippen LogP contribution in [0.4, 0.5) is 0 Å². The maximum atomic E-state index is 6.45. The third kappa shape index (κ3) is 8.90. The van der Waals surface area contributed by atoms with Crippen LogP contribution in [0.5, 0.6) is 0 Å². The number of nitrogens with zero attached hydrogens (tertiary/aromatic N) is 4. The SMILES string of the molecule is CC(C)c1cc(C(C)C)c(-n2c(-c3[c-]ccc4c3oc3ccccc34)nc3ccccc32)c(C(C)C)c1.CC(C)c1cc(C(C)C)c(-n2c(-c3[c-]cccc3)nc3ccccc32)c(C(C)C)c1.[Ir]. The fourth-order valence-electron chi connectivity index (χ4n) is 9.59. The predicted octanol–water partition coefficient (Wildman–Crippen LogP) is 17.6. The Bertz CT molecular complexity index is 3320. The molecule has 0 fully saturated rings. The number of aromatic nitrogens is 4. The van der Waals surface area contributed by atoms with Gasteiger partial charge in [0.1, 0.15) is 5.58 Å². The molecule has 5 nitrogen and oxygen atoms in total. The minimum absolute atomic E-state index is 0. The molecule has 10 aromatic rings. The molecule has 0 saturated heterocycles. The fraction of sp³-hybridized carbons (Fsp3) is 0.290. The van der Waals surface area contributed by atoms with E-state index >= 15 is 0 Å². The molecular formula is C62H64IrN4O-2. The predicted molar refractivity (Wildman–Crippen MR) is 282 cm³/mol. The van der Waals surface area contributed by atoms with Crippen LogP contribution in [0.15, 0.2) is 138 Å². The molecular weight excluding hydrogens is 1010 g/mol. The minimum atomic E-state index is 0. The van der Waals surface area contributed by atoms with Crippen molar-refractivity contribution in [2.24, 2.45) is 0 Å². The summed E-state index contributed by atoms with van der Waals surface area (Å²) in [4.78, 5) is 10.3. The summed E-state index contributed by atoms with van der Waals surface area (Å²) >= 11 is 0. The van der Waals surface area contributed by atoms with Crippen LogP contribution in [0.3, 0.4) is 0 Å². The first-order valence-corrected chi connectivity index (χ1v) is 24.3. The maximum Gasteiger partial charge on any atom is 0.120 e. The summed E-state index contributed by atoms with van der Waals surface area (Å²) in [6, 6.07) is 53.9. The first-order valence-electron chi connectivity index (χ1n) is 24.3. The van der Waals surface area contributed by atoms with Gasteiger partial charge in [-0.25, -0.2) is 0 Å². The van der Waals surface area contributed by atoms with E-state index in [9.17, 15) is 0 Å². The van der Waals surface area contributed by atoms with Crippen molar-refractivity contribution in [3.05, 3.63) is 179 Å². The van der Waals surface area contributed by atoms with E-state index in [0.717, 1.165) is 66.8 Å². The van der Waals surface area contributed by atoms with Gasteiger partial charge in [-0.2, -0.15) is 0 Å². The van der Waals surface area contributed by atoms with Crippen molar-refractivity contribution in [3.8, 4) is 34.2 Å². The molecule has 6 heteroatoms. The van der Waals surface area contributed by atoms with E-state index in [1.54, 1.807) is 0 Å². The third-order valence-electron chi connectivity index (χ3n) is 13.3. The Labute approximate surface area is 417 Å². The van der Waals surface area contributed by atoms with E-state index in [1.165, 1.54) is 44.8 Å². The fourth-order valence-corrected chi connectivity index (χ4v) is 9.59. The molecule has 0 bridgehead atoms. The molecule has 0 aliphatic rings. The topological polar surface area (TPSA) is 48.8 Å². The summed E-state index contributed by atoms with van der Waals surface area (Å²) in [7, 11) is 0. The van der Waals surface area contributed by atoms with E-state index in [-0.39, 0.29) is 20.1 Å². The maximum absolute atomic E-state index is 6.45. The Hall–Kier alpha value is -6.07. The second kappa shape index (κ2) is 19.9. The second-order valence-corrected chi connectivity index (χ2v) is 20.0. The molecule has 0 aliphatic heterocycles. The monoisotopic (exact) mass is 1070 g/mol. The number of furan rings is 1. The third-order valence-corrected chi connectivity index (χ3v) is 13.3. The molecule has 7 aromatic carbocycles. The molecule has 0 spiro atoms. The largest absolute Gasteiger partial charge is 0.501 e. The quantitative estimate of drug-likeness (QED) is 0.128. The summed E-state index contributed by atoms with van der Waals surface area (Å²) in [6.07, 6.45) is 0. The molecule has 3 heterocycles. The van der Waals surface area contributed by atoms with Crippen LogP contribution in [-0.2, 0) is 20.1 Å². The number of fused-ring (bicyclic) bond motifs is 5. The Morgan fingerprint density at radius 1 is 0.441 bits per heavy atom. The van der Waals surface area contributed by atoms with Crippen LogP contribution >= 0.6 is 0 Å². The minimum Gasteiger partial charge on any atom is -0.501 e. The summed E-state index contributed by atoms with van der Waals surface area (Å²) < 4.78 is 11.2. The van der Waals surface area contributed by atoms with Gasteiger partial charge in [0.2, 0.25) is 0 Å². The molecule has 68 heavy (non-hydrogen) atoms. The molecule has 10 rings (SSSR count). The van der Waals surface area contributed by atoms with Crippen LogP contribution in [0, 0.1) is 12.1 Å². The Kier molecular flexibility index (Phi) is 14.1. The van der Waals surface area contributed by atoms with E-state index in [0.29, 0.717) is 35.5 Å². The Balaban J connectivity index is 0.000000185. The molecule has 0 N–H and O–H groups in total. The van der Waals surface area contributed by atoms with Crippen molar-refractivity contribution in [1.29, 1.82) is 0 Å². The molecule has 0 saturated carbocycles. The van der Waals surface area contributed by atoms with Crippen molar-refractivity contribution in [3.63, 3.8) is 0 Å². The zero-order valence-corrected chi connectivity index (χ0v) is 44.1. The number of rotatable bonds is 10. The van der Waals surface area contributed by atoms with Gasteiger partial charge in [0.25, 0.3) is 0 Å². The van der Waals surface area contributed by atoms with Gasteiger partial charge < -0.3 is 13.6 Å². The summed E-state index contributed by atoms with van der Waals surface area (Å²) in [5.74, 6) is 4.30. The van der Waals surface area contributed by atoms with Crippen molar-refractivity contribution in [2.45, 2.75) is 119 Å². The Morgan fingerprint density at radius 3 is 1.38 bits per heavy atom. The number of hydrogen-bond donors (Lipinski definition) is 0. The van der Waals surface area contributed by atoms with Gasteiger partial charge in [0, 0.05) is 36.9 Å². The number of benzene rings is 7. The van der Waals surface area contributed by atoms with E-state index in [4.69, 9.17) is 14.4 Å². The second-order valence-electron chi connectivity index (χ2n) is 20.0. The van der Waals surface area contributed by atoms with E-state index in [1.807, 2.05) is 30.3 Å². The van der Waals surface area contributed by atoms with Gasteiger partial charge in [-0.05, 0) is 99.2 Å². The molecule has 1 radical (unpaired) electrons. The summed E-state index contributed by atoms with van der Waals surface area (Å²) in [5.41, 5.74) is 18.6. The van der Waals surface area contributed by atoms with Gasteiger partial charge in [0.15, 0.2) is 0 Å². The molecule has 0 amide bonds. The average molecular weight is 1070 g/mol. The van der Waals surface area contributed by atoms with Gasteiger partial charge in [-0.1, -0.05) is 161 Å². The van der Waals surface area contributed by atoms with E-state index < -0.39 is 0 Å². The summed E-state index contributed by atoms with van der Waals surface area (Å²) in [5, 5.41) is 2.20. The van der Waals surface area contributed by atoms with Gasteiger partial charge in [-0.3, -0.25) is 9.97 Å². The molecule has 0 unspecified atom stereocenters. The van der Waals surface area contributed by atoms with Crippen LogP contribution in [-0.4, -0.2) is 19.1 Å². The standard InChI is InChI=1S/C34H33N2O.C28H31N2.Ir/c1-20(2)23-18-27(21(3)4)32(28(19-23)22(5)6)36-30-16-9-8-15-29(30)35-34(36)26-14-11-13-25-24-12-7-10-17-31(24)37-33(25)26;1-18(2)22-16-23(19(3)4)27(24(17-22)20(5)6)30-26-15-11-10-14-25(26)29-28(30)21-12-8-7-9-13-21;/h7-13,15-22H,1-6H3;7-12,14-20H,1-6H3;/q2*-1;. The van der Waals surface area contributed by atoms with Crippen LogP contribution < -0.4 is 0 Å². The van der Waals surface area contributed by atoms with Crippen molar-refractivity contribution in [2.75, 3.05) is 0 Å². The van der Waals surface area contributed by atoms with Crippen LogP contribution in [0.25, 0.3) is 78.2 Å². The molecule has 0 atom stereocenters. The number of imidazole rings is 2. The smallest absolute Gasteiger partial charge is 0.120 e. The number of hydrogen-bond acceptors (Lipinski definition) is 3. The average Bonchev–Trinajstić information content (AvgIpc) is 4.03. The van der Waals surface area contributed by atoms with Gasteiger partial charge >= 0.3 is 0 Å². The first-order chi connectivity index (χ1) is 32.2. The Morgan fingerprint density at radius 2 is 0.897 bits per heavy atom. The normalized spacial score (nSPS) is 11.9. The van der Waals surface area contributed by atoms with Crippen molar-refractivity contribution < 1.29 is 24.5 Å². The van der Waals surface area contributed by atoms with Gasteiger partial charge in [0.05, 0.1) is 39.3 Å². The van der Waals surface area contributed by atoms with E-state index in [2.05, 4.69) is 207 Å². The van der Waals surface area contributed by atoms with Crippen LogP contribution in [0.1, 0.15) is 152 Å². The zero-order chi connectivity index (χ0) is 47.3. The first kappa shape index (κ1) is 48.4. The molecule has 349 valence electrons.